The lowest BCUT2D eigenvalue weighted by atomic mass is 10.1. The van der Waals surface area contributed by atoms with E-state index >= 15 is 0 Å². The summed E-state index contributed by atoms with van der Waals surface area (Å²) in [6.07, 6.45) is -3.54. The van der Waals surface area contributed by atoms with Crippen LogP contribution < -0.4 is 9.62 Å². The van der Waals surface area contributed by atoms with E-state index in [-0.39, 0.29) is 17.8 Å². The average molecular weight is 435 g/mol. The van der Waals surface area contributed by atoms with Crippen LogP contribution in [0.1, 0.15) is 18.1 Å². The molecule has 10 heteroatoms. The van der Waals surface area contributed by atoms with Crippen molar-refractivity contribution < 1.29 is 26.4 Å². The fourth-order valence-corrected chi connectivity index (χ4v) is 3.97. The highest BCUT2D eigenvalue weighted by Gasteiger charge is 2.31. The molecule has 1 atom stereocenters. The monoisotopic (exact) mass is 434 g/mol. The Bertz CT molecular complexity index is 965. The van der Waals surface area contributed by atoms with Crippen LogP contribution in [-0.4, -0.2) is 26.6 Å². The summed E-state index contributed by atoms with van der Waals surface area (Å²) in [5.74, 6) is -0.664. The normalized spacial score (nSPS) is 13.1. The van der Waals surface area contributed by atoms with Gasteiger partial charge in [-0.15, -0.1) is 0 Å². The average Bonchev–Trinajstić information content (AvgIpc) is 2.58. The maximum atomic E-state index is 12.8. The van der Waals surface area contributed by atoms with Gasteiger partial charge in [0, 0.05) is 11.6 Å². The van der Waals surface area contributed by atoms with Gasteiger partial charge in [-0.2, -0.15) is 13.2 Å². The van der Waals surface area contributed by atoms with Gasteiger partial charge in [0.1, 0.15) is 6.04 Å². The zero-order valence-corrected chi connectivity index (χ0v) is 16.6. The molecule has 1 amide bonds. The summed E-state index contributed by atoms with van der Waals surface area (Å²) in [6.45, 7) is 1.20. The highest BCUT2D eigenvalue weighted by molar-refractivity contribution is 7.92. The van der Waals surface area contributed by atoms with Gasteiger partial charge in [-0.3, -0.25) is 9.10 Å². The minimum atomic E-state index is -4.49. The van der Waals surface area contributed by atoms with Crippen molar-refractivity contribution in [2.24, 2.45) is 0 Å². The molecule has 0 fully saturated rings. The molecule has 0 saturated heterocycles. The molecular formula is C18H18ClF3N2O3S. The van der Waals surface area contributed by atoms with Crippen LogP contribution in [-0.2, 0) is 27.5 Å². The fraction of sp³-hybridized carbons (Fsp3) is 0.278. The van der Waals surface area contributed by atoms with Crippen LogP contribution in [0.15, 0.2) is 48.5 Å². The zero-order valence-electron chi connectivity index (χ0n) is 15.0. The van der Waals surface area contributed by atoms with E-state index in [0.29, 0.717) is 5.02 Å². The van der Waals surface area contributed by atoms with Crippen molar-refractivity contribution in [2.45, 2.75) is 25.7 Å². The van der Waals surface area contributed by atoms with E-state index in [9.17, 15) is 26.4 Å². The summed E-state index contributed by atoms with van der Waals surface area (Å²) < 4.78 is 63.6. The third-order valence-electron chi connectivity index (χ3n) is 3.87. The van der Waals surface area contributed by atoms with Crippen LogP contribution in [0.5, 0.6) is 0 Å². The van der Waals surface area contributed by atoms with E-state index in [1.54, 1.807) is 12.1 Å². The molecular weight excluding hydrogens is 417 g/mol. The van der Waals surface area contributed by atoms with Crippen LogP contribution in [0.3, 0.4) is 0 Å². The van der Waals surface area contributed by atoms with Gasteiger partial charge >= 0.3 is 6.18 Å². The highest BCUT2D eigenvalue weighted by Crippen LogP contribution is 2.29. The van der Waals surface area contributed by atoms with E-state index in [4.69, 9.17) is 11.6 Å². The lowest BCUT2D eigenvalue weighted by Gasteiger charge is -2.28. The van der Waals surface area contributed by atoms with Gasteiger partial charge in [-0.25, -0.2) is 8.42 Å². The molecule has 1 N–H and O–H groups in total. The summed E-state index contributed by atoms with van der Waals surface area (Å²) in [4.78, 5) is 12.5. The van der Waals surface area contributed by atoms with Crippen LogP contribution in [0.4, 0.5) is 18.9 Å². The molecule has 2 aromatic carbocycles. The number of benzene rings is 2. The number of amides is 1. The number of carbonyl (C=O) groups excluding carboxylic acids is 1. The van der Waals surface area contributed by atoms with Crippen molar-refractivity contribution in [1.29, 1.82) is 0 Å². The van der Waals surface area contributed by atoms with Crippen LogP contribution >= 0.6 is 11.6 Å². The molecule has 0 aromatic heterocycles. The molecule has 0 unspecified atom stereocenters. The molecule has 2 aromatic rings. The smallest absolute Gasteiger partial charge is 0.350 e. The topological polar surface area (TPSA) is 66.5 Å². The van der Waals surface area contributed by atoms with Crippen molar-refractivity contribution in [1.82, 2.24) is 5.32 Å². The van der Waals surface area contributed by atoms with Crippen molar-refractivity contribution in [3.05, 3.63) is 64.7 Å². The maximum Gasteiger partial charge on any atom is 0.416 e. The van der Waals surface area contributed by atoms with Gasteiger partial charge in [0.25, 0.3) is 0 Å². The molecule has 0 aliphatic heterocycles. The third kappa shape index (κ3) is 5.62. The van der Waals surface area contributed by atoms with Crippen LogP contribution in [0.25, 0.3) is 0 Å². The lowest BCUT2D eigenvalue weighted by molar-refractivity contribution is -0.137. The Morgan fingerprint density at radius 3 is 2.39 bits per heavy atom. The molecule has 0 saturated carbocycles. The third-order valence-corrected chi connectivity index (χ3v) is 5.35. The number of hydrogen-bond donors (Lipinski definition) is 1. The number of hydrogen-bond acceptors (Lipinski definition) is 3. The van der Waals surface area contributed by atoms with Gasteiger partial charge in [0.15, 0.2) is 0 Å². The first kappa shape index (κ1) is 22.0. The van der Waals surface area contributed by atoms with Crippen molar-refractivity contribution >= 4 is 33.2 Å². The summed E-state index contributed by atoms with van der Waals surface area (Å²) in [6, 6.07) is 9.39. The molecule has 0 aliphatic rings. The summed E-state index contributed by atoms with van der Waals surface area (Å²) in [7, 11) is -3.82. The molecule has 2 rings (SSSR count). The number of sulfonamides is 1. The SMILES string of the molecule is C[C@H](C(=O)NCc1cccc(C(F)(F)F)c1)N(c1cccc(Cl)c1)S(C)(=O)=O. The zero-order chi connectivity index (χ0) is 21.1. The van der Waals surface area contributed by atoms with E-state index in [0.717, 1.165) is 22.7 Å². The Morgan fingerprint density at radius 1 is 1.18 bits per heavy atom. The Hall–Kier alpha value is -2.26. The lowest BCUT2D eigenvalue weighted by Crippen LogP contribution is -2.47. The van der Waals surface area contributed by atoms with E-state index < -0.39 is 33.7 Å². The van der Waals surface area contributed by atoms with Crippen molar-refractivity contribution in [2.75, 3.05) is 10.6 Å². The van der Waals surface area contributed by atoms with Crippen molar-refractivity contribution in [3.63, 3.8) is 0 Å². The Balaban J connectivity index is 2.18. The second-order valence-corrected chi connectivity index (χ2v) is 8.43. The summed E-state index contributed by atoms with van der Waals surface area (Å²) >= 11 is 5.90. The molecule has 0 heterocycles. The largest absolute Gasteiger partial charge is 0.416 e. The molecule has 0 bridgehead atoms. The van der Waals surface area contributed by atoms with Gasteiger partial charge in [-0.1, -0.05) is 29.8 Å². The molecule has 5 nitrogen and oxygen atoms in total. The minimum Gasteiger partial charge on any atom is -0.350 e. The second-order valence-electron chi connectivity index (χ2n) is 6.13. The van der Waals surface area contributed by atoms with Crippen LogP contribution in [0.2, 0.25) is 5.02 Å². The number of carbonyl (C=O) groups is 1. The predicted molar refractivity (Wildman–Crippen MR) is 102 cm³/mol. The van der Waals surface area contributed by atoms with Crippen molar-refractivity contribution in [3.8, 4) is 0 Å². The number of nitrogens with zero attached hydrogens (tertiary/aromatic N) is 1. The van der Waals surface area contributed by atoms with Gasteiger partial charge in [0.05, 0.1) is 17.5 Å². The minimum absolute atomic E-state index is 0.180. The first-order chi connectivity index (χ1) is 12.9. The number of nitrogens with one attached hydrogen (secondary N) is 1. The van der Waals surface area contributed by atoms with Crippen LogP contribution in [0, 0.1) is 0 Å². The molecule has 152 valence electrons. The molecule has 28 heavy (non-hydrogen) atoms. The van der Waals surface area contributed by atoms with E-state index in [2.05, 4.69) is 5.32 Å². The number of rotatable bonds is 6. The highest BCUT2D eigenvalue weighted by atomic mass is 35.5. The molecule has 0 aliphatic carbocycles. The Morgan fingerprint density at radius 2 is 1.82 bits per heavy atom. The number of alkyl halides is 3. The molecule has 0 spiro atoms. The first-order valence-corrected chi connectivity index (χ1v) is 10.3. The molecule has 0 radical (unpaired) electrons. The fourth-order valence-electron chi connectivity index (χ4n) is 2.62. The van der Waals surface area contributed by atoms with E-state index in [1.165, 1.54) is 31.2 Å². The number of halogens is 4. The maximum absolute atomic E-state index is 12.8. The second kappa shape index (κ2) is 8.40. The summed E-state index contributed by atoms with van der Waals surface area (Å²) in [5, 5.41) is 2.76. The van der Waals surface area contributed by atoms with E-state index in [1.807, 2.05) is 0 Å². The van der Waals surface area contributed by atoms with Gasteiger partial charge in [-0.05, 0) is 42.8 Å². The predicted octanol–water partition coefficient (Wildman–Crippen LogP) is 3.83. The van der Waals surface area contributed by atoms with Gasteiger partial charge in [0.2, 0.25) is 15.9 Å². The quantitative estimate of drug-likeness (QED) is 0.751. The Labute approximate surface area is 166 Å². The standard InChI is InChI=1S/C18H18ClF3N2O3S/c1-12(24(28(2,26)27)16-8-4-7-15(19)10-16)17(25)23-11-13-5-3-6-14(9-13)18(20,21)22/h3-10,12H,11H2,1-2H3,(H,23,25)/t12-/m1/s1. The Kier molecular flexibility index (Phi) is 6.61. The number of anilines is 1. The first-order valence-electron chi connectivity index (χ1n) is 8.08. The summed E-state index contributed by atoms with van der Waals surface area (Å²) in [5.41, 5.74) is -0.384. The van der Waals surface area contributed by atoms with Gasteiger partial charge < -0.3 is 5.32 Å².